The zero-order chi connectivity index (χ0) is 34.2. The van der Waals surface area contributed by atoms with Gasteiger partial charge in [0.05, 0.1) is 0 Å². The molecule has 0 amide bonds. The van der Waals surface area contributed by atoms with E-state index >= 15 is 0 Å². The number of aromatic nitrogens is 3. The van der Waals surface area contributed by atoms with Crippen molar-refractivity contribution in [1.82, 2.24) is 15.2 Å². The fourth-order valence-corrected chi connectivity index (χ4v) is 3.03. The van der Waals surface area contributed by atoms with Crippen LogP contribution in [0, 0.1) is 22.7 Å². The number of oxime groups is 2. The Bertz CT molecular complexity index is 1630. The summed E-state index contributed by atoms with van der Waals surface area (Å²) in [6, 6.07) is 28.3. The van der Waals surface area contributed by atoms with Gasteiger partial charge in [-0.1, -0.05) is 88.0 Å². The monoisotopic (exact) mass is 627 g/mol. The lowest BCUT2D eigenvalue weighted by Gasteiger charge is -2.17. The van der Waals surface area contributed by atoms with Gasteiger partial charge in [0.15, 0.2) is 11.4 Å². The molecule has 0 saturated heterocycles. The molecule has 1 heterocycles. The largest absolute Gasteiger partial charge is 0.535 e. The summed E-state index contributed by atoms with van der Waals surface area (Å²) in [4.78, 5) is 32.3. The predicted octanol–water partition coefficient (Wildman–Crippen LogP) is 6.40. The molecule has 1 aromatic heterocycles. The van der Waals surface area contributed by atoms with Crippen molar-refractivity contribution in [3.05, 3.63) is 96.1 Å². The van der Waals surface area contributed by atoms with Gasteiger partial charge in [-0.15, -0.1) is 5.10 Å². The van der Waals surface area contributed by atoms with E-state index in [-0.39, 0.29) is 11.4 Å². The summed E-state index contributed by atoms with van der Waals surface area (Å²) in [6.45, 7) is 10.3. The van der Waals surface area contributed by atoms with Crippen molar-refractivity contribution in [2.45, 2.75) is 52.7 Å². The molecule has 238 valence electrons. The van der Waals surface area contributed by atoms with E-state index in [2.05, 4.69) is 30.3 Å². The van der Waals surface area contributed by atoms with E-state index in [9.17, 15) is 9.59 Å². The van der Waals surface area contributed by atoms with Gasteiger partial charge < -0.3 is 14.7 Å². The number of fused-ring (bicyclic) bond motifs is 1. The number of benzene rings is 3. The van der Waals surface area contributed by atoms with Crippen LogP contribution in [0.1, 0.15) is 52.7 Å². The Morgan fingerprint density at radius 1 is 0.696 bits per heavy atom. The smallest absolute Gasteiger partial charge is 0.427 e. The number of hydrogen-bond acceptors (Lipinski definition) is 13. The Balaban J connectivity index is 0.000000249. The normalized spacial score (nSPS) is 11.3. The molecule has 4 rings (SSSR count). The lowest BCUT2D eigenvalue weighted by atomic mass is 10.1. The molecule has 1 N–H and O–H groups in total. The Kier molecular flexibility index (Phi) is 13.4. The minimum absolute atomic E-state index is 0.0152. The average Bonchev–Trinajstić information content (AvgIpc) is 3.38. The summed E-state index contributed by atoms with van der Waals surface area (Å²) in [5.74, 6) is 0. The first kappa shape index (κ1) is 35.9. The van der Waals surface area contributed by atoms with E-state index in [1.165, 1.54) is 0 Å². The first-order valence-electron chi connectivity index (χ1n) is 13.6. The summed E-state index contributed by atoms with van der Waals surface area (Å²) < 4.78 is 9.78. The van der Waals surface area contributed by atoms with Gasteiger partial charge in [0.1, 0.15) is 34.4 Å². The van der Waals surface area contributed by atoms with Crippen LogP contribution in [0.15, 0.2) is 95.2 Å². The molecule has 0 aliphatic heterocycles. The Morgan fingerprint density at radius 2 is 1.09 bits per heavy atom. The highest BCUT2D eigenvalue weighted by atomic mass is 16.8. The Morgan fingerprint density at radius 3 is 1.46 bits per heavy atom. The predicted molar refractivity (Wildman–Crippen MR) is 167 cm³/mol. The standard InChI is InChI=1S/2C13H14N2O3.C6H5N3O/c2*1-13(2,3)17-12(16)18-15-11(9-14)10-7-5-4-6-8-10;10-9-6-4-2-1-3-5(6)7-8-9/h2*4-8H,1-3H3;1-4,10H/b15-11+;15-11-;. The van der Waals surface area contributed by atoms with Crippen LogP contribution in [0.3, 0.4) is 0 Å². The van der Waals surface area contributed by atoms with Crippen LogP contribution in [0.5, 0.6) is 0 Å². The van der Waals surface area contributed by atoms with Gasteiger partial charge in [-0.05, 0) is 58.9 Å². The second kappa shape index (κ2) is 17.1. The van der Waals surface area contributed by atoms with E-state index in [4.69, 9.17) is 25.2 Å². The number of hydrogen-bond donors (Lipinski definition) is 1. The fourth-order valence-electron chi connectivity index (χ4n) is 3.03. The van der Waals surface area contributed by atoms with Crippen molar-refractivity contribution >= 4 is 34.8 Å². The summed E-state index contributed by atoms with van der Waals surface area (Å²) in [5, 5.41) is 40.8. The molecule has 0 radical (unpaired) electrons. The molecule has 14 nitrogen and oxygen atoms in total. The zero-order valence-corrected chi connectivity index (χ0v) is 26.1. The van der Waals surface area contributed by atoms with Gasteiger partial charge in [0.2, 0.25) is 0 Å². The van der Waals surface area contributed by atoms with Gasteiger partial charge in [-0.25, -0.2) is 9.59 Å². The Hall–Kier alpha value is -6.28. The summed E-state index contributed by atoms with van der Waals surface area (Å²) in [6.07, 6.45) is -1.88. The number of rotatable bonds is 4. The van der Waals surface area contributed by atoms with E-state index in [0.29, 0.717) is 22.2 Å². The number of para-hydroxylation sites is 1. The van der Waals surface area contributed by atoms with Crippen LogP contribution in [0.2, 0.25) is 0 Å². The lowest BCUT2D eigenvalue weighted by molar-refractivity contribution is -0.00728. The topological polar surface area (TPSA) is 194 Å². The fraction of sp³-hybridized carbons (Fsp3) is 0.250. The third-order valence-electron chi connectivity index (χ3n) is 4.84. The SMILES string of the molecule is CC(C)(C)OC(=O)O/N=C(/C#N)c1ccccc1.CC(C)(C)OC(=O)O/N=C(\C#N)c1ccccc1.On1nnc2ccccc21. The molecular formula is C32H33N7O7. The highest BCUT2D eigenvalue weighted by Crippen LogP contribution is 2.10. The number of nitrogens with zero attached hydrogens (tertiary/aromatic N) is 7. The van der Waals surface area contributed by atoms with Crippen LogP contribution >= 0.6 is 0 Å². The van der Waals surface area contributed by atoms with Gasteiger partial charge in [0, 0.05) is 11.1 Å². The maximum atomic E-state index is 11.2. The highest BCUT2D eigenvalue weighted by Gasteiger charge is 2.19. The number of carbonyl (C=O) groups is 2. The van der Waals surface area contributed by atoms with Crippen molar-refractivity contribution in [2.24, 2.45) is 10.3 Å². The van der Waals surface area contributed by atoms with Crippen LogP contribution < -0.4 is 0 Å². The number of nitriles is 2. The molecule has 4 aromatic rings. The second-order valence-electron chi connectivity index (χ2n) is 10.9. The van der Waals surface area contributed by atoms with Crippen LogP contribution in [-0.2, 0) is 19.1 Å². The third kappa shape index (κ3) is 13.4. The van der Waals surface area contributed by atoms with Gasteiger partial charge in [-0.3, -0.25) is 9.68 Å². The van der Waals surface area contributed by atoms with E-state index < -0.39 is 23.5 Å². The molecule has 0 saturated carbocycles. The van der Waals surface area contributed by atoms with Crippen molar-refractivity contribution in [2.75, 3.05) is 0 Å². The first-order valence-corrected chi connectivity index (χ1v) is 13.6. The van der Waals surface area contributed by atoms with Crippen LogP contribution in [0.4, 0.5) is 9.59 Å². The van der Waals surface area contributed by atoms with Crippen LogP contribution in [0.25, 0.3) is 11.0 Å². The van der Waals surface area contributed by atoms with E-state index in [1.54, 1.807) is 102 Å². The number of carbonyl (C=O) groups excluding carboxylic acids is 2. The number of ether oxygens (including phenoxy) is 2. The van der Waals surface area contributed by atoms with Crippen molar-refractivity contribution in [3.8, 4) is 12.1 Å². The zero-order valence-electron chi connectivity index (χ0n) is 26.1. The molecule has 0 bridgehead atoms. The Labute approximate surface area is 265 Å². The molecule has 0 aliphatic carbocycles. The maximum absolute atomic E-state index is 11.2. The minimum atomic E-state index is -0.939. The minimum Gasteiger partial charge on any atom is -0.427 e. The molecule has 0 aliphatic rings. The average molecular weight is 628 g/mol. The molecule has 0 unspecified atom stereocenters. The summed E-state index contributed by atoms with van der Waals surface area (Å²) in [5.41, 5.74) is 1.18. The van der Waals surface area contributed by atoms with Crippen molar-refractivity contribution < 1.29 is 33.9 Å². The van der Waals surface area contributed by atoms with Crippen molar-refractivity contribution in [1.29, 1.82) is 10.5 Å². The third-order valence-corrected chi connectivity index (χ3v) is 4.84. The van der Waals surface area contributed by atoms with E-state index in [1.807, 2.05) is 36.4 Å². The molecule has 3 aromatic carbocycles. The molecule has 0 spiro atoms. The quantitative estimate of drug-likeness (QED) is 0.0864. The van der Waals surface area contributed by atoms with Gasteiger partial charge in [-0.2, -0.15) is 10.5 Å². The maximum Gasteiger partial charge on any atom is 0.535 e. The molecule has 14 heteroatoms. The lowest BCUT2D eigenvalue weighted by Crippen LogP contribution is -2.23. The van der Waals surface area contributed by atoms with Crippen molar-refractivity contribution in [3.63, 3.8) is 0 Å². The first-order chi connectivity index (χ1) is 21.7. The van der Waals surface area contributed by atoms with Crippen LogP contribution in [-0.4, -0.2) is 55.3 Å². The molecule has 0 fully saturated rings. The second-order valence-corrected chi connectivity index (χ2v) is 10.9. The van der Waals surface area contributed by atoms with E-state index in [0.717, 1.165) is 4.85 Å². The summed E-state index contributed by atoms with van der Waals surface area (Å²) in [7, 11) is 0. The van der Waals surface area contributed by atoms with Gasteiger partial charge in [0.25, 0.3) is 0 Å². The molecule has 0 atom stereocenters. The highest BCUT2D eigenvalue weighted by molar-refractivity contribution is 6.11. The molecular weight excluding hydrogens is 594 g/mol. The molecule has 46 heavy (non-hydrogen) atoms. The van der Waals surface area contributed by atoms with Gasteiger partial charge >= 0.3 is 12.3 Å². The summed E-state index contributed by atoms with van der Waals surface area (Å²) >= 11 is 0.